The minimum Gasteiger partial charge on any atom is -0.368 e. The van der Waals surface area contributed by atoms with Crippen molar-refractivity contribution in [2.75, 3.05) is 36.0 Å². The number of para-hydroxylation sites is 2. The van der Waals surface area contributed by atoms with Crippen molar-refractivity contribution in [3.05, 3.63) is 59.1 Å². The van der Waals surface area contributed by atoms with E-state index in [2.05, 4.69) is 34.1 Å². The molecule has 3 rings (SSSR count). The van der Waals surface area contributed by atoms with Crippen LogP contribution in [0.1, 0.15) is 5.56 Å². The number of hydrogen-bond donors (Lipinski definition) is 0. The van der Waals surface area contributed by atoms with Crippen molar-refractivity contribution in [3.63, 3.8) is 0 Å². The predicted octanol–water partition coefficient (Wildman–Crippen LogP) is 4.41. The fourth-order valence-corrected chi connectivity index (χ4v) is 3.31. The van der Waals surface area contributed by atoms with E-state index in [0.29, 0.717) is 5.88 Å². The number of hydrogen-bond acceptors (Lipinski definition) is 2. The summed E-state index contributed by atoms with van der Waals surface area (Å²) in [4.78, 5) is 4.76. The van der Waals surface area contributed by atoms with Crippen molar-refractivity contribution < 1.29 is 0 Å². The minimum atomic E-state index is 0.556. The van der Waals surface area contributed by atoms with Crippen LogP contribution < -0.4 is 9.80 Å². The van der Waals surface area contributed by atoms with Crippen LogP contribution in [0.2, 0.25) is 5.02 Å². The lowest BCUT2D eigenvalue weighted by molar-refractivity contribution is 0.652. The maximum atomic E-state index is 6.29. The van der Waals surface area contributed by atoms with Crippen molar-refractivity contribution in [2.45, 2.75) is 5.88 Å². The normalized spacial score (nSPS) is 15.3. The van der Waals surface area contributed by atoms with Crippen molar-refractivity contribution >= 4 is 34.6 Å². The Kier molecular flexibility index (Phi) is 4.57. The third kappa shape index (κ3) is 3.12. The zero-order chi connectivity index (χ0) is 14.7. The van der Waals surface area contributed by atoms with E-state index in [1.807, 2.05) is 24.3 Å². The van der Waals surface area contributed by atoms with Gasteiger partial charge in [0, 0.05) is 37.7 Å². The summed E-state index contributed by atoms with van der Waals surface area (Å²) >= 11 is 12.3. The highest BCUT2D eigenvalue weighted by atomic mass is 35.5. The summed E-state index contributed by atoms with van der Waals surface area (Å²) in [5, 5.41) is 0.826. The molecule has 0 aromatic heterocycles. The molecule has 0 N–H and O–H groups in total. The standard InChI is InChI=1S/C17H18Cl2N2/c18-13-14-5-1-3-7-16(14)20-9-11-21(12-10-20)17-8-4-2-6-15(17)19/h1-8H,9-13H2. The largest absolute Gasteiger partial charge is 0.368 e. The van der Waals surface area contributed by atoms with Gasteiger partial charge in [0.1, 0.15) is 0 Å². The monoisotopic (exact) mass is 320 g/mol. The lowest BCUT2D eigenvalue weighted by Crippen LogP contribution is -2.46. The molecule has 1 aliphatic heterocycles. The van der Waals surface area contributed by atoms with E-state index >= 15 is 0 Å². The lowest BCUT2D eigenvalue weighted by atomic mass is 10.1. The fraction of sp³-hybridized carbons (Fsp3) is 0.294. The molecule has 21 heavy (non-hydrogen) atoms. The van der Waals surface area contributed by atoms with Crippen LogP contribution in [0, 0.1) is 0 Å². The zero-order valence-corrected chi connectivity index (χ0v) is 13.3. The molecule has 0 radical (unpaired) electrons. The molecule has 0 saturated carbocycles. The molecule has 0 aliphatic carbocycles. The number of nitrogens with zero attached hydrogens (tertiary/aromatic N) is 2. The summed E-state index contributed by atoms with van der Waals surface area (Å²) in [5.41, 5.74) is 3.58. The molecule has 2 aromatic rings. The molecule has 2 aromatic carbocycles. The van der Waals surface area contributed by atoms with Crippen molar-refractivity contribution in [1.29, 1.82) is 0 Å². The summed E-state index contributed by atoms with van der Waals surface area (Å²) in [6, 6.07) is 16.4. The Morgan fingerprint density at radius 1 is 0.762 bits per heavy atom. The van der Waals surface area contributed by atoms with Crippen LogP contribution in [0.15, 0.2) is 48.5 Å². The maximum absolute atomic E-state index is 6.29. The van der Waals surface area contributed by atoms with Crippen LogP contribution in [0.5, 0.6) is 0 Å². The summed E-state index contributed by atoms with van der Waals surface area (Å²) in [5.74, 6) is 0.556. The SMILES string of the molecule is ClCc1ccccc1N1CCN(c2ccccc2Cl)CC1. The average molecular weight is 321 g/mol. The van der Waals surface area contributed by atoms with Gasteiger partial charge in [-0.3, -0.25) is 0 Å². The van der Waals surface area contributed by atoms with Crippen molar-refractivity contribution in [2.24, 2.45) is 0 Å². The van der Waals surface area contributed by atoms with Gasteiger partial charge in [-0.25, -0.2) is 0 Å². The topological polar surface area (TPSA) is 6.48 Å². The lowest BCUT2D eigenvalue weighted by Gasteiger charge is -2.38. The van der Waals surface area contributed by atoms with E-state index in [1.54, 1.807) is 0 Å². The molecule has 1 fully saturated rings. The molecule has 1 aliphatic rings. The summed E-state index contributed by atoms with van der Waals surface area (Å²) in [6.45, 7) is 3.92. The average Bonchev–Trinajstić information content (AvgIpc) is 2.55. The van der Waals surface area contributed by atoms with E-state index in [1.165, 1.54) is 11.3 Å². The van der Waals surface area contributed by atoms with E-state index in [-0.39, 0.29) is 0 Å². The smallest absolute Gasteiger partial charge is 0.0639 e. The first-order chi connectivity index (χ1) is 10.3. The molecular weight excluding hydrogens is 303 g/mol. The summed E-state index contributed by atoms with van der Waals surface area (Å²) in [6.07, 6.45) is 0. The number of benzene rings is 2. The highest BCUT2D eigenvalue weighted by Gasteiger charge is 2.20. The number of halogens is 2. The second kappa shape index (κ2) is 6.59. The molecule has 1 saturated heterocycles. The third-order valence-corrected chi connectivity index (χ3v) is 4.56. The van der Waals surface area contributed by atoms with E-state index in [9.17, 15) is 0 Å². The van der Waals surface area contributed by atoms with Gasteiger partial charge in [-0.1, -0.05) is 41.9 Å². The van der Waals surface area contributed by atoms with E-state index < -0.39 is 0 Å². The zero-order valence-electron chi connectivity index (χ0n) is 11.8. The Hall–Kier alpha value is -1.38. The third-order valence-electron chi connectivity index (χ3n) is 3.95. The first kappa shape index (κ1) is 14.6. The Morgan fingerprint density at radius 3 is 1.90 bits per heavy atom. The van der Waals surface area contributed by atoms with Gasteiger partial charge in [-0.2, -0.15) is 0 Å². The van der Waals surface area contributed by atoms with Gasteiger partial charge < -0.3 is 9.80 Å². The van der Waals surface area contributed by atoms with Crippen LogP contribution in [0.4, 0.5) is 11.4 Å². The number of rotatable bonds is 3. The molecule has 2 nitrogen and oxygen atoms in total. The summed E-state index contributed by atoms with van der Waals surface area (Å²) in [7, 11) is 0. The van der Waals surface area contributed by atoms with Gasteiger partial charge in [0.15, 0.2) is 0 Å². The van der Waals surface area contributed by atoms with Crippen LogP contribution >= 0.6 is 23.2 Å². The van der Waals surface area contributed by atoms with Crippen LogP contribution in [-0.4, -0.2) is 26.2 Å². The fourth-order valence-electron chi connectivity index (χ4n) is 2.83. The van der Waals surface area contributed by atoms with Crippen molar-refractivity contribution in [3.8, 4) is 0 Å². The Morgan fingerprint density at radius 2 is 1.29 bits per heavy atom. The Labute approximate surface area is 135 Å². The highest BCUT2D eigenvalue weighted by Crippen LogP contribution is 2.28. The molecule has 110 valence electrons. The molecule has 0 atom stereocenters. The van der Waals surface area contributed by atoms with Crippen LogP contribution in [-0.2, 0) is 5.88 Å². The second-order valence-electron chi connectivity index (χ2n) is 5.19. The quantitative estimate of drug-likeness (QED) is 0.773. The molecule has 0 amide bonds. The van der Waals surface area contributed by atoms with Crippen molar-refractivity contribution in [1.82, 2.24) is 0 Å². The molecule has 0 bridgehead atoms. The molecule has 4 heteroatoms. The van der Waals surface area contributed by atoms with Crippen LogP contribution in [0.25, 0.3) is 0 Å². The Bertz CT molecular complexity index is 607. The van der Waals surface area contributed by atoms with Gasteiger partial charge in [0.2, 0.25) is 0 Å². The highest BCUT2D eigenvalue weighted by molar-refractivity contribution is 6.33. The minimum absolute atomic E-state index is 0.556. The van der Waals surface area contributed by atoms with Gasteiger partial charge in [-0.15, -0.1) is 11.6 Å². The number of alkyl halides is 1. The van der Waals surface area contributed by atoms with Gasteiger partial charge in [-0.05, 0) is 23.8 Å². The maximum Gasteiger partial charge on any atom is 0.0639 e. The first-order valence-electron chi connectivity index (χ1n) is 7.18. The van der Waals surface area contributed by atoms with Crippen LogP contribution in [0.3, 0.4) is 0 Å². The van der Waals surface area contributed by atoms with Gasteiger partial charge in [0.25, 0.3) is 0 Å². The molecule has 1 heterocycles. The summed E-state index contributed by atoms with van der Waals surface area (Å²) < 4.78 is 0. The predicted molar refractivity (Wildman–Crippen MR) is 91.9 cm³/mol. The molecular formula is C17H18Cl2N2. The van der Waals surface area contributed by atoms with Gasteiger partial charge >= 0.3 is 0 Å². The number of piperazine rings is 1. The van der Waals surface area contributed by atoms with E-state index in [4.69, 9.17) is 23.2 Å². The first-order valence-corrected chi connectivity index (χ1v) is 8.09. The van der Waals surface area contributed by atoms with E-state index in [0.717, 1.165) is 36.9 Å². The van der Waals surface area contributed by atoms with Gasteiger partial charge in [0.05, 0.1) is 10.7 Å². The Balaban J connectivity index is 1.72. The molecule has 0 spiro atoms. The number of anilines is 2. The second-order valence-corrected chi connectivity index (χ2v) is 5.86. The molecule has 0 unspecified atom stereocenters.